The molecule has 29 heavy (non-hydrogen) atoms. The molecule has 6 heteroatoms. The number of likely N-dealkylation sites (N-methyl/N-ethyl adjacent to an activating group) is 1. The van der Waals surface area contributed by atoms with Crippen LogP contribution in [0.5, 0.6) is 5.75 Å². The van der Waals surface area contributed by atoms with Crippen molar-refractivity contribution in [2.45, 2.75) is 6.92 Å². The van der Waals surface area contributed by atoms with E-state index in [9.17, 15) is 4.79 Å². The molecule has 0 unspecified atom stereocenters. The van der Waals surface area contributed by atoms with E-state index in [4.69, 9.17) is 9.72 Å². The maximum absolute atomic E-state index is 12.0. The van der Waals surface area contributed by atoms with Gasteiger partial charge in [0.15, 0.2) is 0 Å². The zero-order valence-corrected chi connectivity index (χ0v) is 17.1. The Kier molecular flexibility index (Phi) is 5.36. The SMILES string of the molecule is Cc1cc(-c2ccc(OCCN(C)C)cc2)nc2cc(N3CCNC3=O)ccc12. The number of urea groups is 1. The Balaban J connectivity index is 1.61. The molecule has 2 aromatic carbocycles. The molecule has 0 atom stereocenters. The van der Waals surface area contributed by atoms with Gasteiger partial charge >= 0.3 is 6.03 Å². The highest BCUT2D eigenvalue weighted by Gasteiger charge is 2.21. The summed E-state index contributed by atoms with van der Waals surface area (Å²) in [7, 11) is 4.06. The Bertz CT molecular complexity index is 1030. The summed E-state index contributed by atoms with van der Waals surface area (Å²) < 4.78 is 5.78. The molecule has 1 aliphatic rings. The van der Waals surface area contributed by atoms with Crippen LogP contribution in [0, 0.1) is 6.92 Å². The number of hydrogen-bond acceptors (Lipinski definition) is 4. The maximum Gasteiger partial charge on any atom is 0.321 e. The number of hydrogen-bond donors (Lipinski definition) is 1. The predicted octanol–water partition coefficient (Wildman–Crippen LogP) is 3.68. The van der Waals surface area contributed by atoms with Crippen LogP contribution in [0.2, 0.25) is 0 Å². The molecule has 2 heterocycles. The van der Waals surface area contributed by atoms with Crippen LogP contribution >= 0.6 is 0 Å². The lowest BCUT2D eigenvalue weighted by molar-refractivity contribution is 0.252. The monoisotopic (exact) mass is 390 g/mol. The van der Waals surface area contributed by atoms with E-state index in [1.165, 1.54) is 0 Å². The topological polar surface area (TPSA) is 57.7 Å². The van der Waals surface area contributed by atoms with E-state index >= 15 is 0 Å². The van der Waals surface area contributed by atoms with E-state index in [0.29, 0.717) is 19.7 Å². The fourth-order valence-corrected chi connectivity index (χ4v) is 3.49. The van der Waals surface area contributed by atoms with E-state index in [0.717, 1.165) is 45.7 Å². The summed E-state index contributed by atoms with van der Waals surface area (Å²) in [4.78, 5) is 20.7. The smallest absolute Gasteiger partial charge is 0.321 e. The number of fused-ring (bicyclic) bond motifs is 1. The normalized spacial score (nSPS) is 13.9. The van der Waals surface area contributed by atoms with Crippen molar-refractivity contribution in [3.05, 3.63) is 54.1 Å². The molecule has 0 saturated carbocycles. The number of amides is 2. The Morgan fingerprint density at radius 3 is 2.62 bits per heavy atom. The van der Waals surface area contributed by atoms with Crippen LogP contribution in [-0.2, 0) is 0 Å². The molecular formula is C23H26N4O2. The van der Waals surface area contributed by atoms with Crippen LogP contribution in [-0.4, -0.2) is 56.3 Å². The highest BCUT2D eigenvalue weighted by Crippen LogP contribution is 2.29. The van der Waals surface area contributed by atoms with Gasteiger partial charge in [-0.3, -0.25) is 4.90 Å². The molecule has 1 aromatic heterocycles. The zero-order valence-electron chi connectivity index (χ0n) is 17.1. The van der Waals surface area contributed by atoms with Crippen molar-refractivity contribution >= 4 is 22.6 Å². The lowest BCUT2D eigenvalue weighted by atomic mass is 10.0. The number of carbonyl (C=O) groups is 1. The van der Waals surface area contributed by atoms with Gasteiger partial charge in [-0.15, -0.1) is 0 Å². The molecule has 2 amide bonds. The van der Waals surface area contributed by atoms with Crippen molar-refractivity contribution in [1.29, 1.82) is 0 Å². The molecule has 1 fully saturated rings. The van der Waals surface area contributed by atoms with Gasteiger partial charge in [-0.25, -0.2) is 9.78 Å². The first kappa shape index (κ1) is 19.2. The minimum Gasteiger partial charge on any atom is -0.492 e. The first-order chi connectivity index (χ1) is 14.0. The number of carbonyl (C=O) groups excluding carboxylic acids is 1. The van der Waals surface area contributed by atoms with Crippen molar-refractivity contribution in [2.24, 2.45) is 0 Å². The fraction of sp³-hybridized carbons (Fsp3) is 0.304. The first-order valence-corrected chi connectivity index (χ1v) is 9.86. The van der Waals surface area contributed by atoms with Gasteiger partial charge < -0.3 is 15.0 Å². The molecule has 4 rings (SSSR count). The predicted molar refractivity (Wildman–Crippen MR) is 117 cm³/mol. The van der Waals surface area contributed by atoms with Gasteiger partial charge in [-0.05, 0) is 69.0 Å². The van der Waals surface area contributed by atoms with Crippen LogP contribution in [0.3, 0.4) is 0 Å². The summed E-state index contributed by atoms with van der Waals surface area (Å²) in [6.45, 7) is 4.98. The average molecular weight is 390 g/mol. The molecule has 1 saturated heterocycles. The number of rotatable bonds is 6. The van der Waals surface area contributed by atoms with Gasteiger partial charge in [-0.2, -0.15) is 0 Å². The largest absolute Gasteiger partial charge is 0.492 e. The van der Waals surface area contributed by atoms with Gasteiger partial charge in [0, 0.05) is 36.3 Å². The second kappa shape index (κ2) is 8.09. The van der Waals surface area contributed by atoms with Crippen molar-refractivity contribution in [2.75, 3.05) is 45.2 Å². The summed E-state index contributed by atoms with van der Waals surface area (Å²) >= 11 is 0. The molecular weight excluding hydrogens is 364 g/mol. The third kappa shape index (κ3) is 4.17. The number of pyridine rings is 1. The van der Waals surface area contributed by atoms with Gasteiger partial charge in [0.2, 0.25) is 0 Å². The standard InChI is InChI=1S/C23H26N4O2/c1-16-14-21(17-4-7-19(8-5-17)29-13-12-26(2)3)25-22-15-18(6-9-20(16)22)27-11-10-24-23(27)28/h4-9,14-15H,10-13H2,1-3H3,(H,24,28). The zero-order chi connectivity index (χ0) is 20.4. The first-order valence-electron chi connectivity index (χ1n) is 9.86. The van der Waals surface area contributed by atoms with Crippen LogP contribution in [0.25, 0.3) is 22.2 Å². The number of benzene rings is 2. The van der Waals surface area contributed by atoms with Gasteiger partial charge in [0.25, 0.3) is 0 Å². The third-order valence-electron chi connectivity index (χ3n) is 5.13. The number of ether oxygens (including phenoxy) is 1. The Morgan fingerprint density at radius 1 is 1.14 bits per heavy atom. The molecule has 0 bridgehead atoms. The van der Waals surface area contributed by atoms with Gasteiger partial charge in [0.1, 0.15) is 12.4 Å². The highest BCUT2D eigenvalue weighted by atomic mass is 16.5. The van der Waals surface area contributed by atoms with E-state index in [-0.39, 0.29) is 6.03 Å². The second-order valence-corrected chi connectivity index (χ2v) is 7.59. The molecule has 1 aliphatic heterocycles. The minimum absolute atomic E-state index is 0.0536. The van der Waals surface area contributed by atoms with Crippen molar-refractivity contribution in [3.63, 3.8) is 0 Å². The Labute approximate surface area is 171 Å². The quantitative estimate of drug-likeness (QED) is 0.698. The van der Waals surface area contributed by atoms with E-state index in [2.05, 4.69) is 23.2 Å². The number of nitrogens with zero attached hydrogens (tertiary/aromatic N) is 3. The molecule has 3 aromatic rings. The summed E-state index contributed by atoms with van der Waals surface area (Å²) in [6, 6.07) is 16.1. The van der Waals surface area contributed by atoms with Gasteiger partial charge in [-0.1, -0.05) is 6.07 Å². The van der Waals surface area contributed by atoms with Gasteiger partial charge in [0.05, 0.1) is 11.2 Å². The summed E-state index contributed by atoms with van der Waals surface area (Å²) in [5.74, 6) is 0.857. The van der Waals surface area contributed by atoms with Crippen LogP contribution in [0.15, 0.2) is 48.5 Å². The van der Waals surface area contributed by atoms with E-state index in [1.807, 2.05) is 56.6 Å². The van der Waals surface area contributed by atoms with Crippen LogP contribution in [0.4, 0.5) is 10.5 Å². The van der Waals surface area contributed by atoms with Crippen molar-refractivity contribution in [3.8, 4) is 17.0 Å². The Morgan fingerprint density at radius 2 is 1.93 bits per heavy atom. The fourth-order valence-electron chi connectivity index (χ4n) is 3.49. The molecule has 0 radical (unpaired) electrons. The average Bonchev–Trinajstić information content (AvgIpc) is 3.13. The number of nitrogens with one attached hydrogen (secondary N) is 1. The van der Waals surface area contributed by atoms with E-state index in [1.54, 1.807) is 4.90 Å². The maximum atomic E-state index is 12.0. The van der Waals surface area contributed by atoms with Crippen LogP contribution < -0.4 is 15.0 Å². The summed E-state index contributed by atoms with van der Waals surface area (Å²) in [6.07, 6.45) is 0. The molecule has 1 N–H and O–H groups in total. The molecule has 6 nitrogen and oxygen atoms in total. The summed E-state index contributed by atoms with van der Waals surface area (Å²) in [5, 5.41) is 3.94. The third-order valence-corrected chi connectivity index (χ3v) is 5.13. The lowest BCUT2D eigenvalue weighted by Gasteiger charge is -2.15. The Hall–Kier alpha value is -3.12. The number of anilines is 1. The number of aromatic nitrogens is 1. The minimum atomic E-state index is -0.0536. The molecule has 0 aliphatic carbocycles. The molecule has 150 valence electrons. The van der Waals surface area contributed by atoms with Crippen LogP contribution in [0.1, 0.15) is 5.56 Å². The van der Waals surface area contributed by atoms with Crippen molar-refractivity contribution in [1.82, 2.24) is 15.2 Å². The second-order valence-electron chi connectivity index (χ2n) is 7.59. The van der Waals surface area contributed by atoms with E-state index < -0.39 is 0 Å². The highest BCUT2D eigenvalue weighted by molar-refractivity contribution is 5.97. The number of aryl methyl sites for hydroxylation is 1. The van der Waals surface area contributed by atoms with Crippen molar-refractivity contribution < 1.29 is 9.53 Å². The molecule has 0 spiro atoms. The summed E-state index contributed by atoms with van der Waals surface area (Å²) in [5.41, 5.74) is 4.88. The lowest BCUT2D eigenvalue weighted by Crippen LogP contribution is -2.27.